The summed E-state index contributed by atoms with van der Waals surface area (Å²) in [6, 6.07) is 23.8. The molecule has 0 aliphatic carbocycles. The van der Waals surface area contributed by atoms with Crippen LogP contribution in [-0.4, -0.2) is 23.1 Å². The lowest BCUT2D eigenvalue weighted by Crippen LogP contribution is -2.37. The van der Waals surface area contributed by atoms with Crippen LogP contribution in [-0.2, 0) is 4.79 Å². The predicted octanol–water partition coefficient (Wildman–Crippen LogP) is 6.68. The van der Waals surface area contributed by atoms with Crippen LogP contribution < -0.4 is 10.1 Å². The number of para-hydroxylation sites is 1. The highest BCUT2D eigenvalue weighted by Crippen LogP contribution is 2.47. The number of methoxy groups -OCH3 is 1. The summed E-state index contributed by atoms with van der Waals surface area (Å²) in [5, 5.41) is 6.05. The Labute approximate surface area is 210 Å². The Hall–Kier alpha value is -3.77. The Balaban J connectivity index is 1.63. The molecule has 0 unspecified atom stereocenters. The largest absolute Gasteiger partial charge is 0.496 e. The molecule has 6 heteroatoms. The first-order chi connectivity index (χ1) is 17.0. The molecule has 3 aromatic rings. The van der Waals surface area contributed by atoms with Gasteiger partial charge in [0.15, 0.2) is 5.17 Å². The fraction of sp³-hybridized carbons (Fsp3) is 0.172. The zero-order valence-electron chi connectivity index (χ0n) is 20.2. The van der Waals surface area contributed by atoms with Crippen LogP contribution in [0.25, 0.3) is 5.70 Å². The lowest BCUT2D eigenvalue weighted by Gasteiger charge is -2.37. The van der Waals surface area contributed by atoms with Gasteiger partial charge in [-0.2, -0.15) is 0 Å². The fourth-order valence-electron chi connectivity index (χ4n) is 4.45. The van der Waals surface area contributed by atoms with E-state index < -0.39 is 0 Å². The van der Waals surface area contributed by atoms with Crippen molar-refractivity contribution in [1.29, 1.82) is 0 Å². The molecular formula is C29H27N3O2S. The minimum atomic E-state index is -0.358. The van der Waals surface area contributed by atoms with E-state index in [1.165, 1.54) is 5.56 Å². The van der Waals surface area contributed by atoms with Gasteiger partial charge < -0.3 is 15.0 Å². The van der Waals surface area contributed by atoms with Crippen molar-refractivity contribution in [3.05, 3.63) is 112 Å². The number of aryl methyl sites for hydroxylation is 2. The topological polar surface area (TPSA) is 53.9 Å². The highest BCUT2D eigenvalue weighted by Gasteiger charge is 2.40. The molecule has 1 amide bonds. The third-order valence-corrected chi connectivity index (χ3v) is 7.14. The number of benzene rings is 3. The molecule has 5 rings (SSSR count). The van der Waals surface area contributed by atoms with E-state index in [9.17, 15) is 4.79 Å². The number of nitrogens with one attached hydrogen (secondary N) is 1. The average Bonchev–Trinajstić information content (AvgIpc) is 3.28. The normalized spacial score (nSPS) is 17.0. The van der Waals surface area contributed by atoms with Gasteiger partial charge in [-0.3, -0.25) is 4.79 Å². The van der Waals surface area contributed by atoms with E-state index in [1.54, 1.807) is 18.9 Å². The van der Waals surface area contributed by atoms with Crippen LogP contribution in [0.4, 0.5) is 5.69 Å². The number of carbonyl (C=O) groups is 1. The highest BCUT2D eigenvalue weighted by atomic mass is 32.2. The van der Waals surface area contributed by atoms with Crippen molar-refractivity contribution in [3.63, 3.8) is 0 Å². The molecule has 0 spiro atoms. The van der Waals surface area contributed by atoms with E-state index in [-0.39, 0.29) is 11.9 Å². The fourth-order valence-corrected chi connectivity index (χ4v) is 5.42. The molecule has 2 heterocycles. The van der Waals surface area contributed by atoms with E-state index >= 15 is 0 Å². The summed E-state index contributed by atoms with van der Waals surface area (Å²) in [5.74, 6) is 0.626. The first-order valence-electron chi connectivity index (χ1n) is 11.5. The van der Waals surface area contributed by atoms with Crippen LogP contribution >= 0.6 is 11.8 Å². The van der Waals surface area contributed by atoms with Crippen molar-refractivity contribution in [3.8, 4) is 5.75 Å². The maximum atomic E-state index is 13.7. The number of allylic oxidation sites excluding steroid dienone is 1. The molecule has 2 aliphatic heterocycles. The smallest absolute Gasteiger partial charge is 0.255 e. The van der Waals surface area contributed by atoms with Gasteiger partial charge in [-0.15, -0.1) is 0 Å². The Bertz CT molecular complexity index is 1370. The third-order valence-electron chi connectivity index (χ3n) is 6.30. The van der Waals surface area contributed by atoms with Crippen molar-refractivity contribution >= 4 is 34.2 Å². The Morgan fingerprint density at radius 2 is 1.74 bits per heavy atom. The number of rotatable bonds is 5. The van der Waals surface area contributed by atoms with E-state index in [2.05, 4.69) is 52.9 Å². The number of fused-ring (bicyclic) bond motifs is 1. The number of ether oxygens (including phenoxy) is 1. The maximum absolute atomic E-state index is 13.7. The van der Waals surface area contributed by atoms with Crippen molar-refractivity contribution in [2.45, 2.75) is 26.8 Å². The minimum absolute atomic E-state index is 0.166. The highest BCUT2D eigenvalue weighted by molar-refractivity contribution is 8.16. The molecule has 0 fully saturated rings. The third kappa shape index (κ3) is 4.37. The summed E-state index contributed by atoms with van der Waals surface area (Å²) in [4.78, 5) is 20.8. The van der Waals surface area contributed by atoms with E-state index in [0.717, 1.165) is 39.0 Å². The molecule has 176 valence electrons. The molecule has 2 aliphatic rings. The van der Waals surface area contributed by atoms with Crippen molar-refractivity contribution in [1.82, 2.24) is 4.90 Å². The molecule has 0 radical (unpaired) electrons. The van der Waals surface area contributed by atoms with Crippen LogP contribution in [0.5, 0.6) is 5.75 Å². The summed E-state index contributed by atoms with van der Waals surface area (Å²) >= 11 is 1.58. The van der Waals surface area contributed by atoms with E-state index in [1.807, 2.05) is 56.3 Å². The number of thioether (sulfide) groups is 1. The number of hydrogen-bond acceptors (Lipinski definition) is 5. The van der Waals surface area contributed by atoms with Gasteiger partial charge >= 0.3 is 0 Å². The number of amides is 1. The van der Waals surface area contributed by atoms with Gasteiger partial charge in [0.2, 0.25) is 0 Å². The van der Waals surface area contributed by atoms with Gasteiger partial charge in [0.1, 0.15) is 5.75 Å². The molecule has 35 heavy (non-hydrogen) atoms. The number of anilines is 1. The molecule has 0 saturated heterocycles. The molecule has 5 nitrogen and oxygen atoms in total. The molecule has 1 N–H and O–H groups in total. The molecule has 0 aromatic heterocycles. The van der Waals surface area contributed by atoms with Crippen molar-refractivity contribution in [2.24, 2.45) is 4.99 Å². The van der Waals surface area contributed by atoms with Crippen LogP contribution in [0.3, 0.4) is 0 Å². The monoisotopic (exact) mass is 481 g/mol. The molecular weight excluding hydrogens is 454 g/mol. The Morgan fingerprint density at radius 1 is 1.00 bits per heavy atom. The molecule has 0 bridgehead atoms. The Kier molecular flexibility index (Phi) is 6.22. The second-order valence-corrected chi connectivity index (χ2v) is 9.54. The van der Waals surface area contributed by atoms with Gasteiger partial charge in [0.05, 0.1) is 30.1 Å². The van der Waals surface area contributed by atoms with Gasteiger partial charge in [0, 0.05) is 11.1 Å². The number of hydrogen-bond donors (Lipinski definition) is 1. The summed E-state index contributed by atoms with van der Waals surface area (Å²) in [7, 11) is 1.67. The first-order valence-corrected chi connectivity index (χ1v) is 12.4. The van der Waals surface area contributed by atoms with Crippen LogP contribution in [0.1, 0.15) is 35.2 Å². The summed E-state index contributed by atoms with van der Waals surface area (Å²) in [6.45, 7) is 6.01. The SMILES string of the molecule is COc1cc([C@@H]2C(C(=O)Nc3ccccc3)=C(C)N=C3SC=C(c4ccc(C)cc4)N32)ccc1C. The minimum Gasteiger partial charge on any atom is -0.496 e. The first kappa shape index (κ1) is 23.0. The average molecular weight is 482 g/mol. The van der Waals surface area contributed by atoms with Crippen LogP contribution in [0, 0.1) is 13.8 Å². The van der Waals surface area contributed by atoms with Crippen LogP contribution in [0.15, 0.2) is 94.5 Å². The van der Waals surface area contributed by atoms with Gasteiger partial charge in [-0.1, -0.05) is 71.9 Å². The lowest BCUT2D eigenvalue weighted by molar-refractivity contribution is -0.113. The number of carbonyl (C=O) groups excluding carboxylic acids is 1. The second-order valence-electron chi connectivity index (χ2n) is 8.70. The molecule has 1 atom stereocenters. The van der Waals surface area contributed by atoms with Crippen LogP contribution in [0.2, 0.25) is 0 Å². The lowest BCUT2D eigenvalue weighted by atomic mass is 9.91. The van der Waals surface area contributed by atoms with Crippen molar-refractivity contribution in [2.75, 3.05) is 12.4 Å². The predicted molar refractivity (Wildman–Crippen MR) is 144 cm³/mol. The zero-order chi connectivity index (χ0) is 24.5. The second kappa shape index (κ2) is 9.47. The Morgan fingerprint density at radius 3 is 2.46 bits per heavy atom. The molecule has 0 saturated carbocycles. The number of nitrogens with zero attached hydrogens (tertiary/aromatic N) is 2. The van der Waals surface area contributed by atoms with Gasteiger partial charge in [0.25, 0.3) is 5.91 Å². The maximum Gasteiger partial charge on any atom is 0.255 e. The molecule has 3 aromatic carbocycles. The summed E-state index contributed by atoms with van der Waals surface area (Å²) < 4.78 is 5.65. The zero-order valence-corrected chi connectivity index (χ0v) is 21.0. The summed E-state index contributed by atoms with van der Waals surface area (Å²) in [6.07, 6.45) is 0. The standard InChI is InChI=1S/C29H27N3O2S/c1-18-10-13-21(14-11-18)24-17-35-29-30-20(3)26(28(33)31-23-8-6-5-7-9-23)27(32(24)29)22-15-12-19(2)25(16-22)34-4/h5-17,27H,1-4H3,(H,31,33)/t27-/m1/s1. The van der Waals surface area contributed by atoms with E-state index in [0.29, 0.717) is 11.3 Å². The number of amidine groups is 1. The van der Waals surface area contributed by atoms with Crippen molar-refractivity contribution < 1.29 is 9.53 Å². The quantitative estimate of drug-likeness (QED) is 0.441. The number of aliphatic imine (C=N–C) groups is 1. The van der Waals surface area contributed by atoms with Gasteiger partial charge in [-0.05, 0) is 55.7 Å². The van der Waals surface area contributed by atoms with Gasteiger partial charge in [-0.25, -0.2) is 4.99 Å². The summed E-state index contributed by atoms with van der Waals surface area (Å²) in [5.41, 5.74) is 7.39. The van der Waals surface area contributed by atoms with E-state index in [4.69, 9.17) is 9.73 Å².